The molecule has 0 bridgehead atoms. The van der Waals surface area contributed by atoms with Gasteiger partial charge >= 0.3 is 0 Å². The van der Waals surface area contributed by atoms with Gasteiger partial charge < -0.3 is 5.11 Å². The molecule has 82 valence electrons. The van der Waals surface area contributed by atoms with Gasteiger partial charge in [-0.2, -0.15) is 0 Å². The second kappa shape index (κ2) is 5.36. The molecule has 1 amide bonds. The van der Waals surface area contributed by atoms with Gasteiger partial charge in [0.1, 0.15) is 5.75 Å². The van der Waals surface area contributed by atoms with Crippen LogP contribution in [0.3, 0.4) is 0 Å². The van der Waals surface area contributed by atoms with E-state index in [0.717, 1.165) is 0 Å². The molecule has 0 heterocycles. The molecule has 0 unspecified atom stereocenters. The van der Waals surface area contributed by atoms with Crippen molar-refractivity contribution in [3.05, 3.63) is 29.8 Å². The Morgan fingerprint density at radius 2 is 2.00 bits per heavy atom. The highest BCUT2D eigenvalue weighted by Crippen LogP contribution is 2.09. The Kier molecular flexibility index (Phi) is 4.12. The molecule has 0 aliphatic carbocycles. The molecule has 0 aliphatic heterocycles. The second-order valence-corrected chi connectivity index (χ2v) is 3.68. The van der Waals surface area contributed by atoms with Crippen molar-refractivity contribution in [3.63, 3.8) is 0 Å². The standard InChI is InChI=1S/C11H15NO3/c1-8(2)7-15-12-11(14)9-3-5-10(13)6-4-9/h3-6,8,13H,7H2,1-2H3,(H,12,14). The smallest absolute Gasteiger partial charge is 0.274 e. The first-order valence-electron chi connectivity index (χ1n) is 4.80. The normalized spacial score (nSPS) is 10.3. The minimum absolute atomic E-state index is 0.134. The zero-order chi connectivity index (χ0) is 11.3. The molecule has 4 nitrogen and oxygen atoms in total. The number of aromatic hydroxyl groups is 1. The molecule has 1 aromatic carbocycles. The van der Waals surface area contributed by atoms with Gasteiger partial charge in [-0.1, -0.05) is 13.8 Å². The van der Waals surface area contributed by atoms with Crippen molar-refractivity contribution in [3.8, 4) is 5.75 Å². The molecule has 0 saturated heterocycles. The van der Waals surface area contributed by atoms with Crippen LogP contribution in [0.5, 0.6) is 5.75 Å². The molecule has 0 fully saturated rings. The van der Waals surface area contributed by atoms with Gasteiger partial charge in [0.05, 0.1) is 6.61 Å². The summed E-state index contributed by atoms with van der Waals surface area (Å²) >= 11 is 0. The Hall–Kier alpha value is -1.55. The zero-order valence-electron chi connectivity index (χ0n) is 8.86. The SMILES string of the molecule is CC(C)CONC(=O)c1ccc(O)cc1. The number of benzene rings is 1. The molecule has 1 rings (SSSR count). The van der Waals surface area contributed by atoms with Crippen LogP contribution in [0, 0.1) is 5.92 Å². The number of phenolic OH excluding ortho intramolecular Hbond substituents is 1. The second-order valence-electron chi connectivity index (χ2n) is 3.68. The quantitative estimate of drug-likeness (QED) is 0.742. The predicted octanol–water partition coefficient (Wildman–Crippen LogP) is 1.71. The number of rotatable bonds is 4. The van der Waals surface area contributed by atoms with Crippen LogP contribution >= 0.6 is 0 Å². The van der Waals surface area contributed by atoms with Gasteiger partial charge in [-0.3, -0.25) is 9.63 Å². The van der Waals surface area contributed by atoms with E-state index in [4.69, 9.17) is 9.94 Å². The fourth-order valence-electron chi connectivity index (χ4n) is 0.946. The molecular formula is C11H15NO3. The van der Waals surface area contributed by atoms with E-state index in [1.54, 1.807) is 0 Å². The molecule has 0 saturated carbocycles. The van der Waals surface area contributed by atoms with Crippen molar-refractivity contribution >= 4 is 5.91 Å². The van der Waals surface area contributed by atoms with Gasteiger partial charge in [0.2, 0.25) is 0 Å². The third kappa shape index (κ3) is 3.99. The molecule has 4 heteroatoms. The van der Waals surface area contributed by atoms with Crippen molar-refractivity contribution in [2.45, 2.75) is 13.8 Å². The van der Waals surface area contributed by atoms with E-state index in [-0.39, 0.29) is 11.7 Å². The van der Waals surface area contributed by atoms with Crippen molar-refractivity contribution in [2.75, 3.05) is 6.61 Å². The molecule has 0 radical (unpaired) electrons. The lowest BCUT2D eigenvalue weighted by Gasteiger charge is -2.07. The van der Waals surface area contributed by atoms with Crippen LogP contribution in [0.2, 0.25) is 0 Å². The summed E-state index contributed by atoms with van der Waals surface area (Å²) in [4.78, 5) is 16.4. The highest BCUT2D eigenvalue weighted by molar-refractivity contribution is 5.93. The largest absolute Gasteiger partial charge is 0.508 e. The highest BCUT2D eigenvalue weighted by atomic mass is 16.6. The number of carbonyl (C=O) groups is 1. The first-order valence-corrected chi connectivity index (χ1v) is 4.80. The molecule has 0 spiro atoms. The van der Waals surface area contributed by atoms with Crippen molar-refractivity contribution in [2.24, 2.45) is 5.92 Å². The summed E-state index contributed by atoms with van der Waals surface area (Å²) in [7, 11) is 0. The summed E-state index contributed by atoms with van der Waals surface area (Å²) in [5.41, 5.74) is 2.78. The van der Waals surface area contributed by atoms with E-state index in [2.05, 4.69) is 5.48 Å². The molecule has 0 aromatic heterocycles. The Morgan fingerprint density at radius 1 is 1.40 bits per heavy atom. The van der Waals surface area contributed by atoms with Crippen LogP contribution < -0.4 is 5.48 Å². The van der Waals surface area contributed by atoms with Crippen LogP contribution in [0.15, 0.2) is 24.3 Å². The van der Waals surface area contributed by atoms with Crippen LogP contribution in [0.1, 0.15) is 24.2 Å². The summed E-state index contributed by atoms with van der Waals surface area (Å²) in [6, 6.07) is 5.97. The molecule has 2 N–H and O–H groups in total. The number of carbonyl (C=O) groups excluding carboxylic acids is 1. The predicted molar refractivity (Wildman–Crippen MR) is 56.4 cm³/mol. The lowest BCUT2D eigenvalue weighted by Crippen LogP contribution is -2.25. The summed E-state index contributed by atoms with van der Waals surface area (Å²) in [6.07, 6.45) is 0. The fourth-order valence-corrected chi connectivity index (χ4v) is 0.946. The van der Waals surface area contributed by atoms with Crippen molar-refractivity contribution in [1.29, 1.82) is 0 Å². The number of hydroxylamine groups is 1. The van der Waals surface area contributed by atoms with Crippen LogP contribution in [0.4, 0.5) is 0 Å². The zero-order valence-corrected chi connectivity index (χ0v) is 8.86. The van der Waals surface area contributed by atoms with Crippen molar-refractivity contribution in [1.82, 2.24) is 5.48 Å². The van der Waals surface area contributed by atoms with Crippen LogP contribution in [-0.2, 0) is 4.84 Å². The summed E-state index contributed by atoms with van der Waals surface area (Å²) < 4.78 is 0. The number of hydrogen-bond donors (Lipinski definition) is 2. The fraction of sp³-hybridized carbons (Fsp3) is 0.364. The average molecular weight is 209 g/mol. The Labute approximate surface area is 88.8 Å². The van der Waals surface area contributed by atoms with Crippen LogP contribution in [-0.4, -0.2) is 17.6 Å². The van der Waals surface area contributed by atoms with Gasteiger partial charge in [0, 0.05) is 5.56 Å². The summed E-state index contributed by atoms with van der Waals surface area (Å²) in [5, 5.41) is 9.02. The number of nitrogens with one attached hydrogen (secondary N) is 1. The lowest BCUT2D eigenvalue weighted by molar-refractivity contribution is 0.0208. The highest BCUT2D eigenvalue weighted by Gasteiger charge is 2.05. The van der Waals surface area contributed by atoms with Gasteiger partial charge in [-0.05, 0) is 30.2 Å². The molecule has 1 aromatic rings. The van der Waals surface area contributed by atoms with E-state index < -0.39 is 0 Å². The minimum Gasteiger partial charge on any atom is -0.508 e. The van der Waals surface area contributed by atoms with E-state index in [1.807, 2.05) is 13.8 Å². The number of phenols is 1. The van der Waals surface area contributed by atoms with Crippen molar-refractivity contribution < 1.29 is 14.7 Å². The third-order valence-corrected chi connectivity index (χ3v) is 1.71. The Balaban J connectivity index is 2.43. The van der Waals surface area contributed by atoms with E-state index >= 15 is 0 Å². The van der Waals surface area contributed by atoms with Gasteiger partial charge in [-0.15, -0.1) is 0 Å². The van der Waals surface area contributed by atoms with Gasteiger partial charge in [0.15, 0.2) is 0 Å². The van der Waals surface area contributed by atoms with E-state index in [1.165, 1.54) is 24.3 Å². The maximum absolute atomic E-state index is 11.4. The Bertz CT molecular complexity index is 319. The summed E-state index contributed by atoms with van der Waals surface area (Å²) in [5.74, 6) is 0.190. The van der Waals surface area contributed by atoms with E-state index in [9.17, 15) is 4.79 Å². The lowest BCUT2D eigenvalue weighted by atomic mass is 10.2. The molecular weight excluding hydrogens is 194 g/mol. The maximum atomic E-state index is 11.4. The summed E-state index contributed by atoms with van der Waals surface area (Å²) in [6.45, 7) is 4.46. The monoisotopic (exact) mass is 209 g/mol. The van der Waals surface area contributed by atoms with Crippen LogP contribution in [0.25, 0.3) is 0 Å². The number of hydrogen-bond acceptors (Lipinski definition) is 3. The Morgan fingerprint density at radius 3 is 2.53 bits per heavy atom. The number of amides is 1. The molecule has 15 heavy (non-hydrogen) atoms. The first kappa shape index (κ1) is 11.5. The van der Waals surface area contributed by atoms with E-state index in [0.29, 0.717) is 18.1 Å². The molecule has 0 aliphatic rings. The molecule has 0 atom stereocenters. The maximum Gasteiger partial charge on any atom is 0.274 e. The topological polar surface area (TPSA) is 58.6 Å². The minimum atomic E-state index is -0.310. The first-order chi connectivity index (χ1) is 7.09. The van der Waals surface area contributed by atoms with Gasteiger partial charge in [0.25, 0.3) is 5.91 Å². The average Bonchev–Trinajstić information content (AvgIpc) is 2.18. The third-order valence-electron chi connectivity index (χ3n) is 1.71. The van der Waals surface area contributed by atoms with Gasteiger partial charge in [-0.25, -0.2) is 5.48 Å².